The Morgan fingerprint density at radius 1 is 1.69 bits per heavy atom. The fourth-order valence-corrected chi connectivity index (χ4v) is 1.00. The lowest BCUT2D eigenvalue weighted by molar-refractivity contribution is 0.0978. The van der Waals surface area contributed by atoms with E-state index in [-0.39, 0.29) is 5.91 Å². The summed E-state index contributed by atoms with van der Waals surface area (Å²) in [6.07, 6.45) is 4.92. The summed E-state index contributed by atoms with van der Waals surface area (Å²) in [5.41, 5.74) is 0.513. The lowest BCUT2D eigenvalue weighted by atomic mass is 10.3. The molecular weight excluding hydrogens is 204 g/mol. The smallest absolute Gasteiger partial charge is 0.258 e. The topological polar surface area (TPSA) is 42.0 Å². The van der Waals surface area contributed by atoms with E-state index in [9.17, 15) is 4.79 Å². The highest BCUT2D eigenvalue weighted by atomic mass is 32.2. The number of carbonyl (C=O) groups excluding carboxylic acids is 1. The molecule has 1 aromatic rings. The van der Waals surface area contributed by atoms with Crippen molar-refractivity contribution in [3.05, 3.63) is 30.1 Å². The largest absolute Gasteiger partial charge is 0.307 e. The first-order valence-electron chi connectivity index (χ1n) is 3.53. The predicted molar refractivity (Wildman–Crippen MR) is 57.8 cm³/mol. The third-order valence-corrected chi connectivity index (χ3v) is 2.40. The van der Waals surface area contributed by atoms with E-state index in [1.54, 1.807) is 18.3 Å². The van der Waals surface area contributed by atoms with Gasteiger partial charge in [0.05, 0.1) is 5.56 Å². The number of nitrogens with zero attached hydrogens (tertiary/aromatic N) is 1. The summed E-state index contributed by atoms with van der Waals surface area (Å²) in [6, 6.07) is 3.39. The molecule has 0 atom stereocenters. The second-order valence-electron chi connectivity index (χ2n) is 2.19. The molecule has 5 heteroatoms. The molecule has 1 heterocycles. The van der Waals surface area contributed by atoms with Crippen LogP contribution in [0.5, 0.6) is 0 Å². The van der Waals surface area contributed by atoms with Crippen molar-refractivity contribution < 1.29 is 4.79 Å². The molecule has 1 rings (SSSR count). The van der Waals surface area contributed by atoms with Gasteiger partial charge in [-0.3, -0.25) is 9.78 Å². The van der Waals surface area contributed by atoms with Crippen LogP contribution < -0.4 is 5.32 Å². The summed E-state index contributed by atoms with van der Waals surface area (Å²) in [5.74, 6) is -0.215. The van der Waals surface area contributed by atoms with E-state index >= 15 is 0 Å². The van der Waals surface area contributed by atoms with E-state index in [1.165, 1.54) is 18.0 Å². The van der Waals surface area contributed by atoms with Gasteiger partial charge in [-0.1, -0.05) is 12.2 Å². The number of aromatic nitrogens is 1. The van der Waals surface area contributed by atoms with Crippen molar-refractivity contribution in [1.29, 1.82) is 0 Å². The molecule has 1 N–H and O–H groups in total. The molecule has 0 aliphatic carbocycles. The van der Waals surface area contributed by atoms with Gasteiger partial charge in [-0.25, -0.2) is 0 Å². The number of pyridine rings is 1. The van der Waals surface area contributed by atoms with Gasteiger partial charge in [0, 0.05) is 12.4 Å². The summed E-state index contributed by atoms with van der Waals surface area (Å²) in [5, 5.41) is 2.56. The summed E-state index contributed by atoms with van der Waals surface area (Å²) < 4.78 is 0.467. The summed E-state index contributed by atoms with van der Waals surface area (Å²) >= 11 is 6.17. The van der Waals surface area contributed by atoms with Crippen molar-refractivity contribution in [2.75, 3.05) is 6.26 Å². The van der Waals surface area contributed by atoms with Gasteiger partial charge in [0.25, 0.3) is 5.91 Å². The van der Waals surface area contributed by atoms with Crippen molar-refractivity contribution in [1.82, 2.24) is 10.3 Å². The van der Waals surface area contributed by atoms with Gasteiger partial charge in [0.2, 0.25) is 0 Å². The Labute approximate surface area is 85.9 Å². The SMILES string of the molecule is CSC(=S)NC(=O)c1cccnc1. The summed E-state index contributed by atoms with van der Waals surface area (Å²) in [4.78, 5) is 15.2. The highest BCUT2D eigenvalue weighted by Gasteiger charge is 2.05. The van der Waals surface area contributed by atoms with Crippen LogP contribution >= 0.6 is 24.0 Å². The van der Waals surface area contributed by atoms with Crippen molar-refractivity contribution in [2.45, 2.75) is 0 Å². The maximum Gasteiger partial charge on any atom is 0.258 e. The Morgan fingerprint density at radius 2 is 2.46 bits per heavy atom. The van der Waals surface area contributed by atoms with Crippen molar-refractivity contribution in [2.24, 2.45) is 0 Å². The van der Waals surface area contributed by atoms with Gasteiger partial charge in [-0.05, 0) is 18.4 Å². The normalized spacial score (nSPS) is 9.31. The molecule has 0 bridgehead atoms. The molecule has 0 saturated heterocycles. The van der Waals surface area contributed by atoms with E-state index in [2.05, 4.69) is 10.3 Å². The highest BCUT2D eigenvalue weighted by molar-refractivity contribution is 8.22. The van der Waals surface area contributed by atoms with E-state index in [4.69, 9.17) is 12.2 Å². The number of hydrogen-bond donors (Lipinski definition) is 1. The quantitative estimate of drug-likeness (QED) is 0.716. The highest BCUT2D eigenvalue weighted by Crippen LogP contribution is 1.98. The molecule has 3 nitrogen and oxygen atoms in total. The zero-order valence-corrected chi connectivity index (χ0v) is 8.61. The lowest BCUT2D eigenvalue weighted by Gasteiger charge is -2.02. The van der Waals surface area contributed by atoms with E-state index in [0.717, 1.165) is 0 Å². The molecule has 0 fully saturated rings. The molecule has 0 radical (unpaired) electrons. The average molecular weight is 212 g/mol. The van der Waals surface area contributed by atoms with E-state index in [0.29, 0.717) is 9.88 Å². The second kappa shape index (κ2) is 4.94. The van der Waals surface area contributed by atoms with Crippen LogP contribution in [0.4, 0.5) is 0 Å². The van der Waals surface area contributed by atoms with Crippen LogP contribution in [-0.4, -0.2) is 21.5 Å². The molecule has 0 aliphatic heterocycles. The van der Waals surface area contributed by atoms with Crippen molar-refractivity contribution in [3.8, 4) is 0 Å². The van der Waals surface area contributed by atoms with Crippen LogP contribution in [0, 0.1) is 0 Å². The second-order valence-corrected chi connectivity index (χ2v) is 3.67. The number of amides is 1. The third kappa shape index (κ3) is 3.12. The van der Waals surface area contributed by atoms with Crippen LogP contribution in [0.3, 0.4) is 0 Å². The zero-order valence-electron chi connectivity index (χ0n) is 6.98. The summed E-state index contributed by atoms with van der Waals surface area (Å²) in [6.45, 7) is 0. The Balaban J connectivity index is 2.65. The molecule has 1 amide bonds. The molecule has 0 unspecified atom stereocenters. The van der Waals surface area contributed by atoms with Crippen LogP contribution in [0.2, 0.25) is 0 Å². The fourth-order valence-electron chi connectivity index (χ4n) is 0.713. The monoisotopic (exact) mass is 212 g/mol. The first-order chi connectivity index (χ1) is 6.24. The number of thiocarbonyl (C=S) groups is 1. The number of rotatable bonds is 1. The molecule has 1 aromatic heterocycles. The molecule has 13 heavy (non-hydrogen) atoms. The average Bonchev–Trinajstić information content (AvgIpc) is 2.19. The van der Waals surface area contributed by atoms with Crippen LogP contribution in [0.15, 0.2) is 24.5 Å². The lowest BCUT2D eigenvalue weighted by Crippen LogP contribution is -2.26. The summed E-state index contributed by atoms with van der Waals surface area (Å²) in [7, 11) is 0. The van der Waals surface area contributed by atoms with Crippen molar-refractivity contribution in [3.63, 3.8) is 0 Å². The number of carbonyl (C=O) groups is 1. The van der Waals surface area contributed by atoms with Gasteiger partial charge in [0.15, 0.2) is 0 Å². The van der Waals surface area contributed by atoms with Crippen molar-refractivity contribution >= 4 is 34.2 Å². The number of thioether (sulfide) groups is 1. The minimum Gasteiger partial charge on any atom is -0.307 e. The van der Waals surface area contributed by atoms with Crippen LogP contribution in [0.25, 0.3) is 0 Å². The molecular formula is C8H8N2OS2. The Morgan fingerprint density at radius 3 is 3.00 bits per heavy atom. The Hall–Kier alpha value is -0.940. The number of nitrogens with one attached hydrogen (secondary N) is 1. The zero-order chi connectivity index (χ0) is 9.68. The Kier molecular flexibility index (Phi) is 3.85. The molecule has 0 aliphatic rings. The minimum absolute atomic E-state index is 0.215. The van der Waals surface area contributed by atoms with E-state index < -0.39 is 0 Å². The van der Waals surface area contributed by atoms with Gasteiger partial charge >= 0.3 is 0 Å². The Bertz CT molecular complexity index is 313. The van der Waals surface area contributed by atoms with Crippen LogP contribution in [-0.2, 0) is 0 Å². The molecule has 68 valence electrons. The minimum atomic E-state index is -0.215. The van der Waals surface area contributed by atoms with Crippen LogP contribution in [0.1, 0.15) is 10.4 Å². The van der Waals surface area contributed by atoms with Gasteiger partial charge in [-0.2, -0.15) is 0 Å². The predicted octanol–water partition coefficient (Wildman–Crippen LogP) is 1.46. The first-order valence-corrected chi connectivity index (χ1v) is 5.16. The number of hydrogen-bond acceptors (Lipinski definition) is 4. The first kappa shape index (κ1) is 10.1. The molecule has 0 aromatic carbocycles. The standard InChI is InChI=1S/C8H8N2OS2/c1-13-8(12)10-7(11)6-3-2-4-9-5-6/h2-5H,1H3,(H,10,11,12). The maximum absolute atomic E-state index is 11.4. The molecule has 0 spiro atoms. The molecule has 0 saturated carbocycles. The van der Waals surface area contributed by atoms with Gasteiger partial charge < -0.3 is 5.32 Å². The third-order valence-electron chi connectivity index (χ3n) is 1.32. The maximum atomic E-state index is 11.4. The van der Waals surface area contributed by atoms with Gasteiger partial charge in [0.1, 0.15) is 4.32 Å². The fraction of sp³-hybridized carbons (Fsp3) is 0.125. The van der Waals surface area contributed by atoms with E-state index in [1.807, 2.05) is 6.26 Å². The van der Waals surface area contributed by atoms with Gasteiger partial charge in [-0.15, -0.1) is 11.8 Å².